The fraction of sp³-hybridized carbons (Fsp3) is 0.400. The molecule has 1 N–H and O–H groups in total. The lowest BCUT2D eigenvalue weighted by Gasteiger charge is -2.39. The lowest BCUT2D eigenvalue weighted by molar-refractivity contribution is -0.0281. The molecule has 1 heterocycles. The summed E-state index contributed by atoms with van der Waals surface area (Å²) >= 11 is 0. The van der Waals surface area contributed by atoms with E-state index in [1.54, 1.807) is 0 Å². The normalized spacial score (nSPS) is 27.5. The van der Waals surface area contributed by atoms with Crippen molar-refractivity contribution in [2.24, 2.45) is 0 Å². The van der Waals surface area contributed by atoms with Gasteiger partial charge in [-0.1, -0.05) is 60.7 Å². The Morgan fingerprint density at radius 1 is 0.864 bits per heavy atom. The van der Waals surface area contributed by atoms with E-state index in [2.05, 4.69) is 47.4 Å². The van der Waals surface area contributed by atoms with Gasteiger partial charge in [-0.15, -0.1) is 0 Å². The van der Waals surface area contributed by atoms with Crippen LogP contribution in [0, 0.1) is 0 Å². The highest BCUT2D eigenvalue weighted by molar-refractivity contribution is 5.28. The van der Waals surface area contributed by atoms with Crippen molar-refractivity contribution in [1.82, 2.24) is 4.90 Å². The predicted octanol–water partition coefficient (Wildman–Crippen LogP) is 3.53. The Morgan fingerprint density at radius 2 is 1.45 bits per heavy atom. The first-order chi connectivity index (χ1) is 10.8. The fourth-order valence-corrected chi connectivity index (χ4v) is 3.91. The average Bonchev–Trinajstić information content (AvgIpc) is 3.38. The van der Waals surface area contributed by atoms with E-state index in [4.69, 9.17) is 0 Å². The first kappa shape index (κ1) is 14.0. The summed E-state index contributed by atoms with van der Waals surface area (Å²) < 4.78 is 0. The molecule has 2 atom stereocenters. The third kappa shape index (κ3) is 2.57. The van der Waals surface area contributed by atoms with Crippen LogP contribution in [-0.2, 0) is 5.60 Å². The molecule has 2 fully saturated rings. The fourth-order valence-electron chi connectivity index (χ4n) is 3.91. The van der Waals surface area contributed by atoms with Crippen LogP contribution >= 0.6 is 0 Å². The number of piperidine rings is 1. The van der Waals surface area contributed by atoms with E-state index in [0.29, 0.717) is 12.0 Å². The highest BCUT2D eigenvalue weighted by atomic mass is 16.3. The summed E-state index contributed by atoms with van der Waals surface area (Å²) in [4.78, 5) is 2.58. The molecule has 0 spiro atoms. The molecule has 2 aliphatic rings. The minimum Gasteiger partial charge on any atom is -0.385 e. The van der Waals surface area contributed by atoms with Crippen LogP contribution in [0.1, 0.15) is 36.3 Å². The zero-order chi connectivity index (χ0) is 15.0. The van der Waals surface area contributed by atoms with Gasteiger partial charge >= 0.3 is 0 Å². The van der Waals surface area contributed by atoms with Gasteiger partial charge in [-0.05, 0) is 30.4 Å². The van der Waals surface area contributed by atoms with E-state index in [1.807, 2.05) is 18.2 Å². The van der Waals surface area contributed by atoms with E-state index in [1.165, 1.54) is 12.0 Å². The predicted molar refractivity (Wildman–Crippen MR) is 88.7 cm³/mol. The zero-order valence-electron chi connectivity index (χ0n) is 12.9. The molecule has 0 bridgehead atoms. The number of aliphatic hydroxyl groups is 1. The maximum atomic E-state index is 10.9. The summed E-state index contributed by atoms with van der Waals surface area (Å²) in [7, 11) is 0. The van der Waals surface area contributed by atoms with E-state index in [0.717, 1.165) is 31.5 Å². The van der Waals surface area contributed by atoms with E-state index in [9.17, 15) is 5.11 Å². The second-order valence-corrected chi connectivity index (χ2v) is 6.75. The monoisotopic (exact) mass is 293 g/mol. The molecule has 2 aromatic rings. The molecule has 2 aromatic carbocycles. The molecule has 1 saturated heterocycles. The summed E-state index contributed by atoms with van der Waals surface area (Å²) in [6, 6.07) is 21.7. The molecule has 2 unspecified atom stereocenters. The van der Waals surface area contributed by atoms with Crippen molar-refractivity contribution in [3.05, 3.63) is 71.8 Å². The lowest BCUT2D eigenvalue weighted by Crippen LogP contribution is -2.43. The van der Waals surface area contributed by atoms with Crippen LogP contribution in [0.15, 0.2) is 60.7 Å². The second-order valence-electron chi connectivity index (χ2n) is 6.75. The molecule has 22 heavy (non-hydrogen) atoms. The minimum atomic E-state index is -0.630. The minimum absolute atomic E-state index is 0.630. The molecule has 1 saturated carbocycles. The number of benzene rings is 2. The van der Waals surface area contributed by atoms with Gasteiger partial charge in [0.1, 0.15) is 0 Å². The van der Waals surface area contributed by atoms with Crippen LogP contribution in [-0.4, -0.2) is 29.1 Å². The van der Waals surface area contributed by atoms with E-state index >= 15 is 0 Å². The molecule has 2 nitrogen and oxygen atoms in total. The highest BCUT2D eigenvalue weighted by Crippen LogP contribution is 2.46. The summed E-state index contributed by atoms with van der Waals surface area (Å²) in [5.41, 5.74) is 1.91. The van der Waals surface area contributed by atoms with E-state index in [-0.39, 0.29) is 0 Å². The van der Waals surface area contributed by atoms with Gasteiger partial charge in [0.05, 0.1) is 5.60 Å². The van der Waals surface area contributed by atoms with Crippen LogP contribution < -0.4 is 0 Å². The Kier molecular flexibility index (Phi) is 3.51. The largest absolute Gasteiger partial charge is 0.385 e. The first-order valence-corrected chi connectivity index (χ1v) is 8.33. The zero-order valence-corrected chi connectivity index (χ0v) is 12.9. The van der Waals surface area contributed by atoms with Crippen molar-refractivity contribution in [2.45, 2.75) is 36.8 Å². The van der Waals surface area contributed by atoms with Crippen molar-refractivity contribution in [3.63, 3.8) is 0 Å². The van der Waals surface area contributed by atoms with Gasteiger partial charge in [0, 0.05) is 25.0 Å². The lowest BCUT2D eigenvalue weighted by atomic mass is 9.84. The summed E-state index contributed by atoms with van der Waals surface area (Å²) in [5, 5.41) is 10.9. The Hall–Kier alpha value is -1.64. The molecule has 0 amide bonds. The molecule has 4 rings (SSSR count). The Labute approximate surface area is 132 Å². The molecule has 0 aromatic heterocycles. The van der Waals surface area contributed by atoms with Crippen molar-refractivity contribution in [1.29, 1.82) is 0 Å². The van der Waals surface area contributed by atoms with Gasteiger partial charge in [-0.2, -0.15) is 0 Å². The molecule has 1 aliphatic heterocycles. The van der Waals surface area contributed by atoms with Crippen LogP contribution in [0.5, 0.6) is 0 Å². The Balaban J connectivity index is 1.39. The van der Waals surface area contributed by atoms with Crippen molar-refractivity contribution in [2.75, 3.05) is 13.1 Å². The highest BCUT2D eigenvalue weighted by Gasteiger charge is 2.45. The third-order valence-electron chi connectivity index (χ3n) is 5.39. The number of likely N-dealkylation sites (tertiary alicyclic amines) is 1. The van der Waals surface area contributed by atoms with Gasteiger partial charge in [-0.3, -0.25) is 4.90 Å². The topological polar surface area (TPSA) is 23.5 Å². The smallest absolute Gasteiger partial charge is 0.0920 e. The third-order valence-corrected chi connectivity index (χ3v) is 5.39. The van der Waals surface area contributed by atoms with E-state index < -0.39 is 5.60 Å². The molecular weight excluding hydrogens is 270 g/mol. The van der Waals surface area contributed by atoms with Gasteiger partial charge in [-0.25, -0.2) is 0 Å². The number of rotatable bonds is 3. The van der Waals surface area contributed by atoms with Crippen molar-refractivity contribution < 1.29 is 5.11 Å². The number of nitrogens with zero attached hydrogens (tertiary/aromatic N) is 1. The molecular formula is C20H23NO. The SMILES string of the molecule is OC1(c2ccccc2)CCN(C2CC2c2ccccc2)CC1. The standard InChI is InChI=1S/C20H23NO/c22-20(17-9-5-2-6-10-17)11-13-21(14-12-20)19-15-18(19)16-7-3-1-4-8-16/h1-10,18-19,22H,11-15H2. The van der Waals surface area contributed by atoms with Crippen LogP contribution in [0.2, 0.25) is 0 Å². The van der Waals surface area contributed by atoms with Gasteiger partial charge in [0.2, 0.25) is 0 Å². The van der Waals surface area contributed by atoms with Crippen LogP contribution in [0.25, 0.3) is 0 Å². The van der Waals surface area contributed by atoms with Gasteiger partial charge in [0.25, 0.3) is 0 Å². The number of hydrogen-bond donors (Lipinski definition) is 1. The molecule has 2 heteroatoms. The molecule has 0 radical (unpaired) electrons. The Bertz CT molecular complexity index is 617. The first-order valence-electron chi connectivity index (χ1n) is 8.33. The van der Waals surface area contributed by atoms with Gasteiger partial charge < -0.3 is 5.11 Å². The Morgan fingerprint density at radius 3 is 2.09 bits per heavy atom. The van der Waals surface area contributed by atoms with Crippen molar-refractivity contribution in [3.8, 4) is 0 Å². The summed E-state index contributed by atoms with van der Waals surface area (Å²) in [6.07, 6.45) is 2.96. The quantitative estimate of drug-likeness (QED) is 0.936. The maximum absolute atomic E-state index is 10.9. The van der Waals surface area contributed by atoms with Gasteiger partial charge in [0.15, 0.2) is 0 Å². The summed E-state index contributed by atoms with van der Waals surface area (Å²) in [6.45, 7) is 2.00. The molecule has 114 valence electrons. The van der Waals surface area contributed by atoms with Crippen LogP contribution in [0.4, 0.5) is 0 Å². The second kappa shape index (κ2) is 5.53. The maximum Gasteiger partial charge on any atom is 0.0920 e. The summed E-state index contributed by atoms with van der Waals surface area (Å²) in [5.74, 6) is 0.698. The molecule has 1 aliphatic carbocycles. The number of hydrogen-bond acceptors (Lipinski definition) is 2. The van der Waals surface area contributed by atoms with Crippen molar-refractivity contribution >= 4 is 0 Å². The average molecular weight is 293 g/mol. The van der Waals surface area contributed by atoms with Crippen LogP contribution in [0.3, 0.4) is 0 Å².